The SMILES string of the molecule is CC(C)/C=C\C(=O)O.CC(C)C1CC1C(=O)O.CC(C)C1CC1C(=O)O.CC(C)CC(C)(C)C(=O)O.CC(C)CC(O)C(=O)O. The van der Waals surface area contributed by atoms with Crippen LogP contribution in [0.5, 0.6) is 0 Å². The summed E-state index contributed by atoms with van der Waals surface area (Å²) in [5, 5.41) is 50.6. The number of carbonyl (C=O) groups is 5. The van der Waals surface area contributed by atoms with E-state index in [4.69, 9.17) is 30.6 Å². The second-order valence-electron chi connectivity index (χ2n) is 14.4. The molecule has 2 rings (SSSR count). The lowest BCUT2D eigenvalue weighted by Crippen LogP contribution is -2.25. The van der Waals surface area contributed by atoms with E-state index >= 15 is 0 Å². The summed E-state index contributed by atoms with van der Waals surface area (Å²) >= 11 is 0. The zero-order valence-electron chi connectivity index (χ0n) is 29.5. The highest BCUT2D eigenvalue weighted by molar-refractivity contribution is 5.79. The van der Waals surface area contributed by atoms with E-state index in [0.29, 0.717) is 41.9 Å². The molecule has 6 N–H and O–H groups in total. The number of aliphatic hydroxyl groups is 1. The summed E-state index contributed by atoms with van der Waals surface area (Å²) in [4.78, 5) is 50.9. The molecule has 0 aromatic rings. The van der Waals surface area contributed by atoms with Crippen molar-refractivity contribution >= 4 is 29.8 Å². The molecule has 2 fully saturated rings. The van der Waals surface area contributed by atoms with Gasteiger partial charge in [-0.25, -0.2) is 9.59 Å². The van der Waals surface area contributed by atoms with Gasteiger partial charge < -0.3 is 30.6 Å². The van der Waals surface area contributed by atoms with Crippen LogP contribution in [-0.2, 0) is 24.0 Å². The van der Waals surface area contributed by atoms with Gasteiger partial charge in [0.1, 0.15) is 0 Å². The Balaban J connectivity index is -0.000000491. The minimum Gasteiger partial charge on any atom is -0.481 e. The Morgan fingerprint density at radius 1 is 0.689 bits per heavy atom. The third kappa shape index (κ3) is 26.0. The fraction of sp³-hybridized carbons (Fsp3) is 0.794. The largest absolute Gasteiger partial charge is 0.481 e. The van der Waals surface area contributed by atoms with Crippen molar-refractivity contribution in [2.45, 2.75) is 115 Å². The molecule has 0 aliphatic heterocycles. The van der Waals surface area contributed by atoms with Crippen LogP contribution in [0, 0.1) is 58.7 Å². The zero-order valence-corrected chi connectivity index (χ0v) is 29.5. The molecule has 264 valence electrons. The molecule has 0 spiro atoms. The van der Waals surface area contributed by atoms with Crippen LogP contribution >= 0.6 is 0 Å². The average molecular weight is 647 g/mol. The Morgan fingerprint density at radius 3 is 1.16 bits per heavy atom. The highest BCUT2D eigenvalue weighted by Crippen LogP contribution is 2.44. The Morgan fingerprint density at radius 2 is 1.07 bits per heavy atom. The van der Waals surface area contributed by atoms with Crippen molar-refractivity contribution < 1.29 is 54.6 Å². The summed E-state index contributed by atoms with van der Waals surface area (Å²) in [6.45, 7) is 23.5. The lowest BCUT2D eigenvalue weighted by atomic mass is 9.84. The Labute approximate surface area is 270 Å². The van der Waals surface area contributed by atoms with Gasteiger partial charge in [-0.3, -0.25) is 14.4 Å². The van der Waals surface area contributed by atoms with E-state index in [1.54, 1.807) is 19.9 Å². The van der Waals surface area contributed by atoms with Crippen molar-refractivity contribution in [3.8, 4) is 0 Å². The maximum atomic E-state index is 10.6. The highest BCUT2D eigenvalue weighted by Gasteiger charge is 2.45. The van der Waals surface area contributed by atoms with Gasteiger partial charge in [0.25, 0.3) is 0 Å². The monoisotopic (exact) mass is 646 g/mol. The van der Waals surface area contributed by atoms with Gasteiger partial charge in [0.2, 0.25) is 0 Å². The minimum absolute atomic E-state index is 0.0231. The maximum absolute atomic E-state index is 10.6. The number of hydrogen-bond acceptors (Lipinski definition) is 6. The molecule has 0 bridgehead atoms. The molecule has 0 aromatic heterocycles. The number of carboxylic acid groups (broad SMARTS) is 5. The van der Waals surface area contributed by atoms with Crippen LogP contribution < -0.4 is 0 Å². The van der Waals surface area contributed by atoms with Gasteiger partial charge in [0.05, 0.1) is 17.3 Å². The van der Waals surface area contributed by atoms with Crippen LogP contribution in [0.1, 0.15) is 109 Å². The fourth-order valence-electron chi connectivity index (χ4n) is 4.40. The molecule has 0 heterocycles. The Hall–Kier alpha value is -2.95. The summed E-state index contributed by atoms with van der Waals surface area (Å²) in [7, 11) is 0. The molecule has 11 heteroatoms. The molecular weight excluding hydrogens is 584 g/mol. The minimum atomic E-state index is -1.19. The van der Waals surface area contributed by atoms with Crippen molar-refractivity contribution in [1.82, 2.24) is 0 Å². The van der Waals surface area contributed by atoms with Gasteiger partial charge in [-0.1, -0.05) is 75.3 Å². The molecule has 5 unspecified atom stereocenters. The third-order valence-corrected chi connectivity index (χ3v) is 7.13. The van der Waals surface area contributed by atoms with E-state index in [0.717, 1.165) is 25.3 Å². The number of carboxylic acids is 5. The number of hydrogen-bond donors (Lipinski definition) is 6. The van der Waals surface area contributed by atoms with E-state index in [1.165, 1.54) is 0 Å². The van der Waals surface area contributed by atoms with Crippen molar-refractivity contribution in [1.29, 1.82) is 0 Å². The molecule has 0 saturated heterocycles. The fourth-order valence-corrected chi connectivity index (χ4v) is 4.40. The second-order valence-corrected chi connectivity index (χ2v) is 14.4. The predicted octanol–water partition coefficient (Wildman–Crippen LogP) is 6.63. The summed E-state index contributed by atoms with van der Waals surface area (Å²) in [5.41, 5.74) is -0.561. The smallest absolute Gasteiger partial charge is 0.332 e. The van der Waals surface area contributed by atoms with Gasteiger partial charge in [0, 0.05) is 6.08 Å². The Kier molecular flexibility index (Phi) is 23.3. The molecule has 2 saturated carbocycles. The van der Waals surface area contributed by atoms with E-state index in [2.05, 4.69) is 27.7 Å². The average Bonchev–Trinajstić information content (AvgIpc) is 3.76. The van der Waals surface area contributed by atoms with E-state index in [1.807, 2.05) is 41.5 Å². The summed E-state index contributed by atoms with van der Waals surface area (Å²) < 4.78 is 0. The maximum Gasteiger partial charge on any atom is 0.332 e. The van der Waals surface area contributed by atoms with Crippen molar-refractivity contribution in [2.75, 3.05) is 0 Å². The molecule has 2 aliphatic rings. The third-order valence-electron chi connectivity index (χ3n) is 7.13. The molecule has 11 nitrogen and oxygen atoms in total. The normalized spacial score (nSPS) is 20.5. The molecular formula is C34H62O11. The Bertz CT molecular complexity index is 884. The first kappa shape index (κ1) is 46.5. The first-order valence-electron chi connectivity index (χ1n) is 15.8. The predicted molar refractivity (Wildman–Crippen MR) is 174 cm³/mol. The van der Waals surface area contributed by atoms with Crippen molar-refractivity contribution in [2.24, 2.45) is 58.7 Å². The molecule has 0 amide bonds. The summed E-state index contributed by atoms with van der Waals surface area (Å²) in [6.07, 6.45) is 4.47. The van der Waals surface area contributed by atoms with E-state index in [9.17, 15) is 24.0 Å². The van der Waals surface area contributed by atoms with Crippen LogP contribution in [-0.4, -0.2) is 66.6 Å². The van der Waals surface area contributed by atoms with Gasteiger partial charge in [-0.15, -0.1) is 0 Å². The van der Waals surface area contributed by atoms with Crippen LogP contribution in [0.25, 0.3) is 0 Å². The van der Waals surface area contributed by atoms with Crippen molar-refractivity contribution in [3.63, 3.8) is 0 Å². The van der Waals surface area contributed by atoms with Gasteiger partial charge >= 0.3 is 29.8 Å². The van der Waals surface area contributed by atoms with Crippen molar-refractivity contribution in [3.05, 3.63) is 12.2 Å². The van der Waals surface area contributed by atoms with E-state index in [-0.39, 0.29) is 17.8 Å². The first-order chi connectivity index (χ1) is 20.3. The number of allylic oxidation sites excluding steroid dienone is 1. The lowest BCUT2D eigenvalue weighted by molar-refractivity contribution is -0.148. The molecule has 45 heavy (non-hydrogen) atoms. The standard InChI is InChI=1S/C8H16O2.2C7H12O2.C6H12O3.C6H10O2/c1-6(2)5-8(3,4)7(9)10;2*1-4(2)5-3-6(5)7(8)9;1-4(2)3-5(7)6(8)9;1-5(2)3-4-6(7)8/h6H,5H2,1-4H3,(H,9,10);2*4-6H,3H2,1-2H3,(H,8,9);4-5,7H,3H2,1-2H3,(H,8,9);3-5H,1-2H3,(H,7,8)/b;;;;4-3-. The van der Waals surface area contributed by atoms with Gasteiger partial charge in [-0.05, 0) is 81.0 Å². The molecule has 0 aromatic carbocycles. The van der Waals surface area contributed by atoms with Gasteiger partial charge in [-0.2, -0.15) is 0 Å². The summed E-state index contributed by atoms with van der Waals surface area (Å²) in [5.74, 6) is -0.975. The highest BCUT2D eigenvalue weighted by atomic mass is 16.4. The number of rotatable bonds is 12. The molecule has 5 atom stereocenters. The molecule has 2 aliphatic carbocycles. The quantitative estimate of drug-likeness (QED) is 0.124. The van der Waals surface area contributed by atoms with Crippen LogP contribution in [0.2, 0.25) is 0 Å². The second kappa shape index (κ2) is 22.5. The number of aliphatic carboxylic acids is 5. The van der Waals surface area contributed by atoms with Crippen LogP contribution in [0.15, 0.2) is 12.2 Å². The topological polar surface area (TPSA) is 207 Å². The molecule has 0 radical (unpaired) electrons. The first-order valence-corrected chi connectivity index (χ1v) is 15.8. The summed E-state index contributed by atoms with van der Waals surface area (Å²) in [6, 6.07) is 0. The number of aliphatic hydroxyl groups excluding tert-OH is 1. The lowest BCUT2D eigenvalue weighted by Gasteiger charge is -2.20. The van der Waals surface area contributed by atoms with Crippen LogP contribution in [0.4, 0.5) is 0 Å². The van der Waals surface area contributed by atoms with Crippen LogP contribution in [0.3, 0.4) is 0 Å². The van der Waals surface area contributed by atoms with Gasteiger partial charge in [0.15, 0.2) is 6.10 Å². The zero-order chi connectivity index (χ0) is 36.4. The van der Waals surface area contributed by atoms with E-state index < -0.39 is 41.4 Å².